The van der Waals surface area contributed by atoms with Crippen LogP contribution in [0.5, 0.6) is 5.75 Å². The first-order chi connectivity index (χ1) is 9.62. The predicted octanol–water partition coefficient (Wildman–Crippen LogP) is 2.38. The number of hydrogen-bond acceptors (Lipinski definition) is 5. The molecule has 0 fully saturated rings. The van der Waals surface area contributed by atoms with Gasteiger partial charge in [-0.2, -0.15) is 0 Å². The molecule has 0 spiro atoms. The highest BCUT2D eigenvalue weighted by Crippen LogP contribution is 2.23. The third-order valence-electron chi connectivity index (χ3n) is 2.72. The minimum atomic E-state index is -0.410. The van der Waals surface area contributed by atoms with Crippen molar-refractivity contribution in [3.05, 3.63) is 29.8 Å². The van der Waals surface area contributed by atoms with Crippen molar-refractivity contribution in [3.63, 3.8) is 0 Å². The highest BCUT2D eigenvalue weighted by atomic mass is 16.7. The van der Waals surface area contributed by atoms with Gasteiger partial charge in [-0.1, -0.05) is 12.1 Å². The van der Waals surface area contributed by atoms with Gasteiger partial charge in [0.1, 0.15) is 5.75 Å². The number of benzene rings is 1. The van der Waals surface area contributed by atoms with Gasteiger partial charge in [0.2, 0.25) is 0 Å². The third kappa shape index (κ3) is 5.09. The molecule has 0 saturated heterocycles. The first-order valence-corrected chi connectivity index (χ1v) is 7.08. The molecule has 1 unspecified atom stereocenters. The molecule has 0 aromatic heterocycles. The lowest BCUT2D eigenvalue weighted by Gasteiger charge is -2.26. The molecule has 1 aromatic carbocycles. The van der Waals surface area contributed by atoms with Gasteiger partial charge in [0.25, 0.3) is 0 Å². The second kappa shape index (κ2) is 8.92. The fourth-order valence-corrected chi connectivity index (χ4v) is 1.93. The van der Waals surface area contributed by atoms with Crippen LogP contribution in [0.3, 0.4) is 0 Å². The van der Waals surface area contributed by atoms with Gasteiger partial charge < -0.3 is 14.2 Å². The summed E-state index contributed by atoms with van der Waals surface area (Å²) in [6.45, 7) is 8.99. The van der Waals surface area contributed by atoms with Crippen LogP contribution in [0, 0.1) is 0 Å². The molecule has 0 aliphatic carbocycles. The van der Waals surface area contributed by atoms with Crippen molar-refractivity contribution in [1.82, 2.24) is 5.43 Å². The first kappa shape index (κ1) is 16.9. The SMILES string of the molecule is CCOC(OCC)C(NN)c1ccc(OC(C)C)cc1. The summed E-state index contributed by atoms with van der Waals surface area (Å²) in [6, 6.07) is 7.56. The lowest BCUT2D eigenvalue weighted by atomic mass is 10.1. The van der Waals surface area contributed by atoms with E-state index in [4.69, 9.17) is 20.1 Å². The molecule has 0 radical (unpaired) electrons. The molecule has 0 aliphatic rings. The highest BCUT2D eigenvalue weighted by Gasteiger charge is 2.23. The average molecular weight is 282 g/mol. The summed E-state index contributed by atoms with van der Waals surface area (Å²) in [5, 5.41) is 0. The van der Waals surface area contributed by atoms with Crippen LogP contribution >= 0.6 is 0 Å². The summed E-state index contributed by atoms with van der Waals surface area (Å²) in [7, 11) is 0. The normalized spacial score (nSPS) is 12.9. The lowest BCUT2D eigenvalue weighted by molar-refractivity contribution is -0.155. The van der Waals surface area contributed by atoms with Gasteiger partial charge >= 0.3 is 0 Å². The van der Waals surface area contributed by atoms with Crippen LogP contribution in [0.2, 0.25) is 0 Å². The molecule has 5 heteroatoms. The molecule has 1 aromatic rings. The highest BCUT2D eigenvalue weighted by molar-refractivity contribution is 5.29. The van der Waals surface area contributed by atoms with Crippen molar-refractivity contribution < 1.29 is 14.2 Å². The zero-order valence-electron chi connectivity index (χ0n) is 12.8. The number of hydrogen-bond donors (Lipinski definition) is 2. The molecule has 3 N–H and O–H groups in total. The van der Waals surface area contributed by atoms with E-state index in [1.165, 1.54) is 0 Å². The standard InChI is InChI=1S/C15H26N2O3/c1-5-18-15(19-6-2)14(17-16)12-7-9-13(10-8-12)20-11(3)4/h7-11,14-15,17H,5-6,16H2,1-4H3. The van der Waals surface area contributed by atoms with Crippen LogP contribution in [0.4, 0.5) is 0 Å². The monoisotopic (exact) mass is 282 g/mol. The van der Waals surface area contributed by atoms with E-state index in [1.807, 2.05) is 52.0 Å². The zero-order valence-corrected chi connectivity index (χ0v) is 12.8. The fourth-order valence-electron chi connectivity index (χ4n) is 1.93. The van der Waals surface area contributed by atoms with E-state index in [0.717, 1.165) is 11.3 Å². The Labute approximate surface area is 121 Å². The molecular weight excluding hydrogens is 256 g/mol. The molecule has 1 atom stereocenters. The number of nitrogens with two attached hydrogens (primary N) is 1. The minimum absolute atomic E-state index is 0.156. The maximum absolute atomic E-state index is 5.64. The summed E-state index contributed by atoms with van der Waals surface area (Å²) in [5.74, 6) is 6.48. The van der Waals surface area contributed by atoms with Crippen molar-refractivity contribution in [2.24, 2.45) is 5.84 Å². The Hall–Kier alpha value is -1.14. The fraction of sp³-hybridized carbons (Fsp3) is 0.600. The second-order valence-corrected chi connectivity index (χ2v) is 4.66. The van der Waals surface area contributed by atoms with Crippen LogP contribution in [-0.4, -0.2) is 25.6 Å². The summed E-state index contributed by atoms with van der Waals surface area (Å²) < 4.78 is 16.8. The lowest BCUT2D eigenvalue weighted by Crippen LogP contribution is -2.39. The van der Waals surface area contributed by atoms with Crippen LogP contribution in [-0.2, 0) is 9.47 Å². The summed E-state index contributed by atoms with van der Waals surface area (Å²) in [5.41, 5.74) is 3.75. The summed E-state index contributed by atoms with van der Waals surface area (Å²) in [4.78, 5) is 0. The van der Waals surface area contributed by atoms with Crippen molar-refractivity contribution in [3.8, 4) is 5.75 Å². The van der Waals surface area contributed by atoms with E-state index in [0.29, 0.717) is 13.2 Å². The minimum Gasteiger partial charge on any atom is -0.491 e. The molecule has 114 valence electrons. The largest absolute Gasteiger partial charge is 0.491 e. The van der Waals surface area contributed by atoms with E-state index in [-0.39, 0.29) is 12.1 Å². The molecular formula is C15H26N2O3. The topological polar surface area (TPSA) is 65.7 Å². The Kier molecular flexibility index (Phi) is 7.54. The number of rotatable bonds is 9. The Morgan fingerprint density at radius 1 is 1.05 bits per heavy atom. The molecule has 0 bridgehead atoms. The molecule has 5 nitrogen and oxygen atoms in total. The van der Waals surface area contributed by atoms with Gasteiger partial charge in [-0.15, -0.1) is 0 Å². The molecule has 0 aliphatic heterocycles. The van der Waals surface area contributed by atoms with Crippen molar-refractivity contribution in [2.45, 2.75) is 46.1 Å². The van der Waals surface area contributed by atoms with Crippen molar-refractivity contribution >= 4 is 0 Å². The molecule has 20 heavy (non-hydrogen) atoms. The van der Waals surface area contributed by atoms with Crippen LogP contribution in [0.25, 0.3) is 0 Å². The second-order valence-electron chi connectivity index (χ2n) is 4.66. The van der Waals surface area contributed by atoms with Crippen molar-refractivity contribution in [1.29, 1.82) is 0 Å². The smallest absolute Gasteiger partial charge is 0.178 e. The van der Waals surface area contributed by atoms with Gasteiger partial charge in [-0.25, -0.2) is 5.43 Å². The Morgan fingerprint density at radius 3 is 2.00 bits per heavy atom. The van der Waals surface area contributed by atoms with Gasteiger partial charge in [0, 0.05) is 13.2 Å². The number of ether oxygens (including phenoxy) is 3. The van der Waals surface area contributed by atoms with Crippen LogP contribution in [0.15, 0.2) is 24.3 Å². The van der Waals surface area contributed by atoms with Gasteiger partial charge in [0.15, 0.2) is 6.29 Å². The van der Waals surface area contributed by atoms with E-state index in [1.54, 1.807) is 0 Å². The van der Waals surface area contributed by atoms with Crippen LogP contribution in [0.1, 0.15) is 39.3 Å². The molecule has 0 heterocycles. The molecule has 0 saturated carbocycles. The Balaban J connectivity index is 2.82. The Bertz CT molecular complexity index is 362. The van der Waals surface area contributed by atoms with Gasteiger partial charge in [0.05, 0.1) is 12.1 Å². The molecule has 0 amide bonds. The number of hydrazine groups is 1. The van der Waals surface area contributed by atoms with E-state index >= 15 is 0 Å². The van der Waals surface area contributed by atoms with Gasteiger partial charge in [-0.3, -0.25) is 5.84 Å². The van der Waals surface area contributed by atoms with Crippen LogP contribution < -0.4 is 16.0 Å². The average Bonchev–Trinajstić information content (AvgIpc) is 2.41. The first-order valence-electron chi connectivity index (χ1n) is 7.08. The predicted molar refractivity (Wildman–Crippen MR) is 79.3 cm³/mol. The maximum atomic E-state index is 5.64. The van der Waals surface area contributed by atoms with Crippen molar-refractivity contribution in [2.75, 3.05) is 13.2 Å². The van der Waals surface area contributed by atoms with E-state index in [2.05, 4.69) is 5.43 Å². The maximum Gasteiger partial charge on any atom is 0.178 e. The van der Waals surface area contributed by atoms with Gasteiger partial charge in [-0.05, 0) is 45.4 Å². The zero-order chi connectivity index (χ0) is 15.0. The number of nitrogens with one attached hydrogen (secondary N) is 1. The molecule has 1 rings (SSSR count). The summed E-state index contributed by atoms with van der Waals surface area (Å²) in [6.07, 6.45) is -0.254. The quantitative estimate of drug-likeness (QED) is 0.413. The Morgan fingerprint density at radius 2 is 1.60 bits per heavy atom. The van der Waals surface area contributed by atoms with E-state index in [9.17, 15) is 0 Å². The third-order valence-corrected chi connectivity index (χ3v) is 2.72. The summed E-state index contributed by atoms with van der Waals surface area (Å²) >= 11 is 0. The van der Waals surface area contributed by atoms with E-state index < -0.39 is 6.29 Å².